The van der Waals surface area contributed by atoms with E-state index in [1.165, 1.54) is 0 Å². The molecule has 1 unspecified atom stereocenters. The van der Waals surface area contributed by atoms with Gasteiger partial charge in [0.25, 0.3) is 0 Å². The van der Waals surface area contributed by atoms with Gasteiger partial charge in [-0.1, -0.05) is 6.92 Å². The topological polar surface area (TPSA) is 75.3 Å². The molecule has 0 aromatic rings. The first-order valence-corrected chi connectivity index (χ1v) is 7.06. The van der Waals surface area contributed by atoms with Gasteiger partial charge in [0.05, 0.1) is 11.5 Å². The number of amides is 1. The van der Waals surface area contributed by atoms with E-state index in [1.54, 1.807) is 0 Å². The molecule has 88 valence electrons. The first kappa shape index (κ1) is 12.4. The van der Waals surface area contributed by atoms with Crippen molar-refractivity contribution in [3.05, 3.63) is 0 Å². The summed E-state index contributed by atoms with van der Waals surface area (Å²) in [5, 5.41) is 5.78. The van der Waals surface area contributed by atoms with E-state index in [0.717, 1.165) is 6.42 Å². The molecule has 5 nitrogen and oxygen atoms in total. The zero-order valence-electron chi connectivity index (χ0n) is 8.95. The standard InChI is InChI=1S/C9H18N2O3S/c1-2-3-11-9(12)6-8-7-15(13,14)5-4-10-8/h8,10H,2-7H2,1H3,(H,11,12). The molecule has 0 bridgehead atoms. The molecule has 0 radical (unpaired) electrons. The Hall–Kier alpha value is -0.620. The fourth-order valence-electron chi connectivity index (χ4n) is 1.56. The Bertz CT molecular complexity index is 313. The molecule has 1 atom stereocenters. The predicted molar refractivity (Wildman–Crippen MR) is 58.4 cm³/mol. The Kier molecular flexibility index (Phi) is 4.53. The number of carbonyl (C=O) groups excluding carboxylic acids is 1. The number of hydrogen-bond acceptors (Lipinski definition) is 4. The molecule has 1 fully saturated rings. The van der Waals surface area contributed by atoms with Crippen LogP contribution in [-0.4, -0.2) is 45.0 Å². The molecular formula is C9H18N2O3S. The summed E-state index contributed by atoms with van der Waals surface area (Å²) in [6, 6.07) is -0.222. The van der Waals surface area contributed by atoms with E-state index in [1.807, 2.05) is 6.92 Å². The highest BCUT2D eigenvalue weighted by Gasteiger charge is 2.25. The average molecular weight is 234 g/mol. The summed E-state index contributed by atoms with van der Waals surface area (Å²) < 4.78 is 22.6. The first-order valence-electron chi connectivity index (χ1n) is 5.24. The third-order valence-corrected chi connectivity index (χ3v) is 4.04. The Balaban J connectivity index is 2.35. The van der Waals surface area contributed by atoms with Crippen molar-refractivity contribution in [1.29, 1.82) is 0 Å². The van der Waals surface area contributed by atoms with Gasteiger partial charge in [0.2, 0.25) is 5.91 Å². The molecule has 2 N–H and O–H groups in total. The summed E-state index contributed by atoms with van der Waals surface area (Å²) in [4.78, 5) is 11.3. The highest BCUT2D eigenvalue weighted by Crippen LogP contribution is 2.04. The van der Waals surface area contributed by atoms with Gasteiger partial charge in [0.15, 0.2) is 9.84 Å². The maximum atomic E-state index is 11.3. The number of sulfone groups is 1. The minimum absolute atomic E-state index is 0.0759. The minimum atomic E-state index is -2.94. The highest BCUT2D eigenvalue weighted by atomic mass is 32.2. The molecule has 1 saturated heterocycles. The number of hydrogen-bond donors (Lipinski definition) is 2. The van der Waals surface area contributed by atoms with E-state index in [4.69, 9.17) is 0 Å². The Morgan fingerprint density at radius 1 is 1.53 bits per heavy atom. The molecule has 1 rings (SSSR count). The second kappa shape index (κ2) is 5.46. The van der Waals surface area contributed by atoms with Crippen LogP contribution in [0.5, 0.6) is 0 Å². The van der Waals surface area contributed by atoms with Crippen LogP contribution in [0.3, 0.4) is 0 Å². The number of carbonyl (C=O) groups is 1. The lowest BCUT2D eigenvalue weighted by Gasteiger charge is -2.23. The molecule has 15 heavy (non-hydrogen) atoms. The van der Waals surface area contributed by atoms with E-state index in [0.29, 0.717) is 13.1 Å². The third-order valence-electron chi connectivity index (χ3n) is 2.31. The van der Waals surface area contributed by atoms with Crippen molar-refractivity contribution in [1.82, 2.24) is 10.6 Å². The zero-order valence-corrected chi connectivity index (χ0v) is 9.77. The molecule has 1 aliphatic rings. The quantitative estimate of drug-likeness (QED) is 0.674. The smallest absolute Gasteiger partial charge is 0.221 e. The van der Waals surface area contributed by atoms with Gasteiger partial charge in [0.1, 0.15) is 0 Å². The number of rotatable bonds is 4. The Morgan fingerprint density at radius 2 is 2.27 bits per heavy atom. The van der Waals surface area contributed by atoms with E-state index < -0.39 is 9.84 Å². The third kappa shape index (κ3) is 4.61. The molecule has 0 saturated carbocycles. The van der Waals surface area contributed by atoms with Crippen LogP contribution in [0.15, 0.2) is 0 Å². The minimum Gasteiger partial charge on any atom is -0.356 e. The van der Waals surface area contributed by atoms with Crippen LogP contribution >= 0.6 is 0 Å². The van der Waals surface area contributed by atoms with Gasteiger partial charge in [-0.15, -0.1) is 0 Å². The van der Waals surface area contributed by atoms with Gasteiger partial charge in [-0.3, -0.25) is 4.79 Å². The lowest BCUT2D eigenvalue weighted by Crippen LogP contribution is -2.47. The highest BCUT2D eigenvalue weighted by molar-refractivity contribution is 7.91. The van der Waals surface area contributed by atoms with Gasteiger partial charge >= 0.3 is 0 Å². The van der Waals surface area contributed by atoms with E-state index in [-0.39, 0.29) is 29.9 Å². The molecule has 6 heteroatoms. The SMILES string of the molecule is CCCNC(=O)CC1CS(=O)(=O)CCN1. The van der Waals surface area contributed by atoms with Gasteiger partial charge in [-0.2, -0.15) is 0 Å². The lowest BCUT2D eigenvalue weighted by atomic mass is 10.2. The van der Waals surface area contributed by atoms with Gasteiger partial charge < -0.3 is 10.6 Å². The van der Waals surface area contributed by atoms with Gasteiger partial charge in [-0.05, 0) is 6.42 Å². The molecule has 0 spiro atoms. The zero-order chi connectivity index (χ0) is 11.3. The van der Waals surface area contributed by atoms with Crippen LogP contribution in [0.2, 0.25) is 0 Å². The summed E-state index contributed by atoms with van der Waals surface area (Å²) in [5.41, 5.74) is 0. The van der Waals surface area contributed by atoms with Crippen LogP contribution in [0, 0.1) is 0 Å². The van der Waals surface area contributed by atoms with Crippen molar-refractivity contribution >= 4 is 15.7 Å². The molecule has 0 aromatic carbocycles. The second-order valence-corrected chi connectivity index (χ2v) is 6.05. The second-order valence-electron chi connectivity index (χ2n) is 3.82. The summed E-state index contributed by atoms with van der Waals surface area (Å²) >= 11 is 0. The number of nitrogens with one attached hydrogen (secondary N) is 2. The van der Waals surface area contributed by atoms with Crippen molar-refractivity contribution in [3.63, 3.8) is 0 Å². The fourth-order valence-corrected chi connectivity index (χ4v) is 3.00. The molecule has 1 amide bonds. The predicted octanol–water partition coefficient (Wildman–Crippen LogP) is -0.711. The monoisotopic (exact) mass is 234 g/mol. The molecule has 0 aromatic heterocycles. The summed E-state index contributed by atoms with van der Waals surface area (Å²) in [7, 11) is -2.94. The van der Waals surface area contributed by atoms with E-state index in [2.05, 4.69) is 10.6 Å². The van der Waals surface area contributed by atoms with Gasteiger partial charge in [0, 0.05) is 25.6 Å². The largest absolute Gasteiger partial charge is 0.356 e. The van der Waals surface area contributed by atoms with Crippen LogP contribution < -0.4 is 10.6 Å². The summed E-state index contributed by atoms with van der Waals surface area (Å²) in [5.74, 6) is 0.179. The summed E-state index contributed by atoms with van der Waals surface area (Å²) in [6.07, 6.45) is 1.14. The maximum Gasteiger partial charge on any atom is 0.221 e. The maximum absolute atomic E-state index is 11.3. The van der Waals surface area contributed by atoms with Gasteiger partial charge in [-0.25, -0.2) is 8.42 Å². The fraction of sp³-hybridized carbons (Fsp3) is 0.889. The Morgan fingerprint density at radius 3 is 2.87 bits per heavy atom. The molecular weight excluding hydrogens is 216 g/mol. The van der Waals surface area contributed by atoms with E-state index in [9.17, 15) is 13.2 Å². The van der Waals surface area contributed by atoms with Crippen molar-refractivity contribution in [3.8, 4) is 0 Å². The molecule has 0 aliphatic carbocycles. The average Bonchev–Trinajstić information content (AvgIpc) is 2.13. The van der Waals surface area contributed by atoms with Crippen LogP contribution in [0.1, 0.15) is 19.8 Å². The molecule has 1 heterocycles. The van der Waals surface area contributed by atoms with Crippen molar-refractivity contribution in [2.45, 2.75) is 25.8 Å². The Labute approximate surface area is 90.5 Å². The normalized spacial score (nSPS) is 24.7. The van der Waals surface area contributed by atoms with Crippen LogP contribution in [-0.2, 0) is 14.6 Å². The van der Waals surface area contributed by atoms with Crippen LogP contribution in [0.4, 0.5) is 0 Å². The van der Waals surface area contributed by atoms with Crippen LogP contribution in [0.25, 0.3) is 0 Å². The van der Waals surface area contributed by atoms with Crippen molar-refractivity contribution < 1.29 is 13.2 Å². The van der Waals surface area contributed by atoms with Crippen molar-refractivity contribution in [2.75, 3.05) is 24.6 Å². The lowest BCUT2D eigenvalue weighted by molar-refractivity contribution is -0.121. The van der Waals surface area contributed by atoms with E-state index >= 15 is 0 Å². The summed E-state index contributed by atoms with van der Waals surface area (Å²) in [6.45, 7) is 3.08. The van der Waals surface area contributed by atoms with Crippen molar-refractivity contribution in [2.24, 2.45) is 0 Å². The first-order chi connectivity index (χ1) is 7.03. The molecule has 1 aliphatic heterocycles.